The summed E-state index contributed by atoms with van der Waals surface area (Å²) in [5.41, 5.74) is -0.625. The van der Waals surface area contributed by atoms with Crippen LogP contribution in [0.1, 0.15) is 35.3 Å². The number of nitriles is 2. The van der Waals surface area contributed by atoms with Crippen molar-refractivity contribution in [3.63, 3.8) is 0 Å². The third-order valence-corrected chi connectivity index (χ3v) is 3.21. The molecule has 0 amide bonds. The van der Waals surface area contributed by atoms with Crippen LogP contribution in [-0.4, -0.2) is 17.0 Å². The van der Waals surface area contributed by atoms with Crippen LogP contribution in [0.5, 0.6) is 11.5 Å². The van der Waals surface area contributed by atoms with Crippen molar-refractivity contribution in [2.45, 2.75) is 20.0 Å². The SMILES string of the molecule is CC(C)OC(=O)c1ccccc1Oc1cc(C#N)c(C#N)cc1[N+](=O)[O-]. The van der Waals surface area contributed by atoms with Crippen molar-refractivity contribution >= 4 is 11.7 Å². The fourth-order valence-electron chi connectivity index (χ4n) is 2.10. The average molecular weight is 351 g/mol. The summed E-state index contributed by atoms with van der Waals surface area (Å²) in [6, 6.07) is 11.7. The van der Waals surface area contributed by atoms with Gasteiger partial charge in [0.25, 0.3) is 0 Å². The predicted octanol–water partition coefficient (Wildman–Crippen LogP) is 3.70. The van der Waals surface area contributed by atoms with Crippen molar-refractivity contribution in [3.8, 4) is 23.6 Å². The Morgan fingerprint density at radius 1 is 1.12 bits per heavy atom. The topological polar surface area (TPSA) is 126 Å². The molecule has 0 unspecified atom stereocenters. The Morgan fingerprint density at radius 2 is 1.73 bits per heavy atom. The molecular formula is C18H13N3O5. The van der Waals surface area contributed by atoms with Crippen LogP contribution in [0.15, 0.2) is 36.4 Å². The molecule has 0 bridgehead atoms. The highest BCUT2D eigenvalue weighted by molar-refractivity contribution is 5.92. The number of nitro benzene ring substituents is 1. The van der Waals surface area contributed by atoms with Gasteiger partial charge < -0.3 is 9.47 Å². The monoisotopic (exact) mass is 351 g/mol. The van der Waals surface area contributed by atoms with Crippen LogP contribution in [0.2, 0.25) is 0 Å². The van der Waals surface area contributed by atoms with Gasteiger partial charge in [0.2, 0.25) is 5.75 Å². The Balaban J connectivity index is 2.53. The van der Waals surface area contributed by atoms with Crippen molar-refractivity contribution in [2.24, 2.45) is 0 Å². The smallest absolute Gasteiger partial charge is 0.342 e. The van der Waals surface area contributed by atoms with E-state index in [1.54, 1.807) is 38.1 Å². The molecule has 0 aliphatic carbocycles. The number of carbonyl (C=O) groups excluding carboxylic acids is 1. The molecule has 0 fully saturated rings. The molecule has 0 spiro atoms. The first-order valence-corrected chi connectivity index (χ1v) is 7.47. The van der Waals surface area contributed by atoms with Gasteiger partial charge in [-0.3, -0.25) is 10.1 Å². The van der Waals surface area contributed by atoms with Gasteiger partial charge in [0.1, 0.15) is 23.5 Å². The molecule has 8 heteroatoms. The van der Waals surface area contributed by atoms with Gasteiger partial charge in [-0.25, -0.2) is 4.79 Å². The molecule has 0 aliphatic rings. The lowest BCUT2D eigenvalue weighted by atomic mass is 10.1. The molecule has 2 aromatic carbocycles. The highest BCUT2D eigenvalue weighted by atomic mass is 16.6. The minimum absolute atomic E-state index is 0.0369. The van der Waals surface area contributed by atoms with Gasteiger partial charge in [-0.2, -0.15) is 10.5 Å². The zero-order valence-corrected chi connectivity index (χ0v) is 13.9. The number of carbonyl (C=O) groups is 1. The van der Waals surface area contributed by atoms with E-state index in [4.69, 9.17) is 20.0 Å². The maximum Gasteiger partial charge on any atom is 0.342 e. The van der Waals surface area contributed by atoms with Crippen molar-refractivity contribution in [1.29, 1.82) is 10.5 Å². The predicted molar refractivity (Wildman–Crippen MR) is 89.6 cm³/mol. The Labute approximate surface area is 149 Å². The lowest BCUT2D eigenvalue weighted by Crippen LogP contribution is -2.12. The molecule has 0 radical (unpaired) electrons. The van der Waals surface area contributed by atoms with Gasteiger partial charge in [-0.15, -0.1) is 0 Å². The maximum atomic E-state index is 12.2. The Morgan fingerprint density at radius 3 is 2.31 bits per heavy atom. The molecule has 130 valence electrons. The molecular weight excluding hydrogens is 338 g/mol. The van der Waals surface area contributed by atoms with Crippen LogP contribution in [-0.2, 0) is 4.74 Å². The van der Waals surface area contributed by atoms with Crippen molar-refractivity contribution in [1.82, 2.24) is 0 Å². The summed E-state index contributed by atoms with van der Waals surface area (Å²) in [7, 11) is 0. The van der Waals surface area contributed by atoms with E-state index in [1.807, 2.05) is 0 Å². The van der Waals surface area contributed by atoms with Gasteiger partial charge in [0.05, 0.1) is 22.2 Å². The summed E-state index contributed by atoms with van der Waals surface area (Å²) in [4.78, 5) is 22.7. The standard InChI is InChI=1S/C18H13N3O5/c1-11(2)25-18(22)14-5-3-4-6-16(14)26-17-8-13(10-20)12(9-19)7-15(17)21(23)24/h3-8,11H,1-2H3. The number of para-hydroxylation sites is 1. The van der Waals surface area contributed by atoms with E-state index in [1.165, 1.54) is 12.1 Å². The van der Waals surface area contributed by atoms with E-state index in [2.05, 4.69) is 0 Å². The molecule has 8 nitrogen and oxygen atoms in total. The summed E-state index contributed by atoms with van der Waals surface area (Å²) < 4.78 is 10.7. The Hall–Kier alpha value is -3.91. The Kier molecular flexibility index (Phi) is 5.51. The van der Waals surface area contributed by atoms with E-state index >= 15 is 0 Å². The van der Waals surface area contributed by atoms with E-state index in [9.17, 15) is 14.9 Å². The van der Waals surface area contributed by atoms with Crippen molar-refractivity contribution in [2.75, 3.05) is 0 Å². The lowest BCUT2D eigenvalue weighted by Gasteiger charge is -2.13. The minimum atomic E-state index is -0.730. The average Bonchev–Trinajstić information content (AvgIpc) is 2.60. The zero-order chi connectivity index (χ0) is 19.3. The second kappa shape index (κ2) is 7.77. The van der Waals surface area contributed by atoms with Crippen LogP contribution in [0.25, 0.3) is 0 Å². The molecule has 0 aromatic heterocycles. The third kappa shape index (κ3) is 3.94. The number of benzene rings is 2. The summed E-state index contributed by atoms with van der Waals surface area (Å²) in [6.45, 7) is 3.37. The van der Waals surface area contributed by atoms with E-state index in [0.717, 1.165) is 12.1 Å². The maximum absolute atomic E-state index is 12.2. The zero-order valence-electron chi connectivity index (χ0n) is 13.9. The fraction of sp³-hybridized carbons (Fsp3) is 0.167. The molecule has 26 heavy (non-hydrogen) atoms. The number of esters is 1. The largest absolute Gasteiger partial charge is 0.459 e. The highest BCUT2D eigenvalue weighted by Gasteiger charge is 2.23. The summed E-state index contributed by atoms with van der Waals surface area (Å²) in [6.07, 6.45) is -0.356. The molecule has 0 aliphatic heterocycles. The van der Waals surface area contributed by atoms with Crippen LogP contribution >= 0.6 is 0 Å². The number of hydrogen-bond donors (Lipinski definition) is 0. The quantitative estimate of drug-likeness (QED) is 0.456. The van der Waals surface area contributed by atoms with Crippen LogP contribution in [0.4, 0.5) is 5.69 Å². The molecule has 0 atom stereocenters. The lowest BCUT2D eigenvalue weighted by molar-refractivity contribution is -0.385. The molecule has 2 rings (SSSR count). The van der Waals surface area contributed by atoms with Crippen molar-refractivity contribution in [3.05, 3.63) is 63.2 Å². The first kappa shape index (κ1) is 18.4. The first-order chi connectivity index (χ1) is 12.4. The van der Waals surface area contributed by atoms with Crippen molar-refractivity contribution < 1.29 is 19.2 Å². The fourth-order valence-corrected chi connectivity index (χ4v) is 2.10. The molecule has 0 saturated heterocycles. The van der Waals surface area contributed by atoms with Gasteiger partial charge >= 0.3 is 11.7 Å². The van der Waals surface area contributed by atoms with Gasteiger partial charge in [0, 0.05) is 12.1 Å². The van der Waals surface area contributed by atoms with Gasteiger partial charge in [-0.05, 0) is 26.0 Å². The number of nitro groups is 1. The summed E-state index contributed by atoms with van der Waals surface area (Å²) in [5, 5.41) is 29.4. The van der Waals surface area contributed by atoms with E-state index < -0.39 is 16.6 Å². The van der Waals surface area contributed by atoms with Crippen LogP contribution < -0.4 is 4.74 Å². The number of ether oxygens (including phenoxy) is 2. The molecule has 0 N–H and O–H groups in total. The van der Waals surface area contributed by atoms with Crippen LogP contribution in [0.3, 0.4) is 0 Å². The van der Waals surface area contributed by atoms with E-state index in [0.29, 0.717) is 0 Å². The van der Waals surface area contributed by atoms with E-state index in [-0.39, 0.29) is 34.3 Å². The second-order valence-electron chi connectivity index (χ2n) is 5.40. The number of nitrogens with zero attached hydrogens (tertiary/aromatic N) is 3. The number of rotatable bonds is 5. The first-order valence-electron chi connectivity index (χ1n) is 7.47. The number of hydrogen-bond acceptors (Lipinski definition) is 7. The summed E-state index contributed by atoms with van der Waals surface area (Å²) >= 11 is 0. The third-order valence-electron chi connectivity index (χ3n) is 3.21. The highest BCUT2D eigenvalue weighted by Crippen LogP contribution is 2.35. The molecule has 0 saturated carbocycles. The van der Waals surface area contributed by atoms with Gasteiger partial charge in [-0.1, -0.05) is 12.1 Å². The molecule has 0 heterocycles. The minimum Gasteiger partial charge on any atom is -0.459 e. The Bertz CT molecular complexity index is 954. The van der Waals surface area contributed by atoms with Crippen LogP contribution in [0, 0.1) is 32.8 Å². The van der Waals surface area contributed by atoms with Gasteiger partial charge in [0.15, 0.2) is 0 Å². The normalized spacial score (nSPS) is 9.88. The molecule has 2 aromatic rings. The summed E-state index contributed by atoms with van der Waals surface area (Å²) in [5.74, 6) is -0.863. The second-order valence-corrected chi connectivity index (χ2v) is 5.40.